The lowest BCUT2D eigenvalue weighted by atomic mass is 10.2. The van der Waals surface area contributed by atoms with Gasteiger partial charge >= 0.3 is 6.09 Å². The highest BCUT2D eigenvalue weighted by molar-refractivity contribution is 5.87. The number of nitrogens with zero attached hydrogens (tertiary/aromatic N) is 2. The number of rotatable bonds is 2. The van der Waals surface area contributed by atoms with E-state index in [0.717, 1.165) is 0 Å². The van der Waals surface area contributed by atoms with Crippen molar-refractivity contribution in [2.75, 3.05) is 17.2 Å². The summed E-state index contributed by atoms with van der Waals surface area (Å²) in [5.74, 6) is 0.425. The predicted molar refractivity (Wildman–Crippen MR) is 67.9 cm³/mol. The predicted octanol–water partition coefficient (Wildman–Crippen LogP) is 2.43. The number of nitrogen functional groups attached to an aromatic ring is 1. The van der Waals surface area contributed by atoms with Crippen molar-refractivity contribution in [3.63, 3.8) is 0 Å². The number of anilines is 2. The number of carbonyl (C=O) groups excluding carboxylic acids is 1. The Morgan fingerprint density at radius 1 is 1.47 bits per heavy atom. The van der Waals surface area contributed by atoms with Gasteiger partial charge < -0.3 is 10.5 Å². The van der Waals surface area contributed by atoms with Gasteiger partial charge in [-0.2, -0.15) is 0 Å². The molecule has 0 aliphatic carbocycles. The van der Waals surface area contributed by atoms with Gasteiger partial charge in [-0.1, -0.05) is 0 Å². The second kappa shape index (κ2) is 5.03. The van der Waals surface area contributed by atoms with E-state index in [-0.39, 0.29) is 6.09 Å². The Morgan fingerprint density at radius 3 is 2.53 bits per heavy atom. The number of ether oxygens (including phenoxy) is 1. The lowest BCUT2D eigenvalue weighted by Crippen LogP contribution is -2.36. The summed E-state index contributed by atoms with van der Waals surface area (Å²) < 4.78 is 5.30. The van der Waals surface area contributed by atoms with Crippen molar-refractivity contribution in [1.82, 2.24) is 4.98 Å². The number of aromatic nitrogens is 1. The summed E-state index contributed by atoms with van der Waals surface area (Å²) in [6.07, 6.45) is 1.18. The van der Waals surface area contributed by atoms with E-state index in [1.54, 1.807) is 18.3 Å². The van der Waals surface area contributed by atoms with Crippen molar-refractivity contribution in [1.29, 1.82) is 0 Å². The van der Waals surface area contributed by atoms with Crippen LogP contribution in [0, 0.1) is 0 Å². The van der Waals surface area contributed by atoms with Crippen LogP contribution in [0.3, 0.4) is 0 Å². The largest absolute Gasteiger partial charge is 0.443 e. The maximum atomic E-state index is 11.9. The first-order valence-electron chi connectivity index (χ1n) is 5.55. The number of carbonyl (C=O) groups is 1. The molecule has 94 valence electrons. The zero-order valence-corrected chi connectivity index (χ0v) is 10.7. The first kappa shape index (κ1) is 13.3. The Morgan fingerprint density at radius 2 is 2.12 bits per heavy atom. The van der Waals surface area contributed by atoms with E-state index in [2.05, 4.69) is 4.98 Å². The van der Waals surface area contributed by atoms with Crippen LogP contribution < -0.4 is 10.6 Å². The Hall–Kier alpha value is -1.78. The Kier molecular flexibility index (Phi) is 3.93. The number of hydrogen-bond donors (Lipinski definition) is 1. The molecule has 1 rings (SSSR count). The third kappa shape index (κ3) is 3.94. The summed E-state index contributed by atoms with van der Waals surface area (Å²) in [5, 5.41) is 0. The fraction of sp³-hybridized carbons (Fsp3) is 0.500. The molecule has 17 heavy (non-hydrogen) atoms. The third-order valence-electron chi connectivity index (χ3n) is 2.01. The maximum Gasteiger partial charge on any atom is 0.414 e. The van der Waals surface area contributed by atoms with Crippen LogP contribution in [0.15, 0.2) is 18.3 Å². The van der Waals surface area contributed by atoms with Gasteiger partial charge in [-0.15, -0.1) is 0 Å². The second-order valence-corrected chi connectivity index (χ2v) is 4.67. The molecule has 5 nitrogen and oxygen atoms in total. The molecule has 0 bridgehead atoms. The molecule has 0 unspecified atom stereocenters. The van der Waals surface area contributed by atoms with Gasteiger partial charge in [0.2, 0.25) is 0 Å². The average Bonchev–Trinajstić information content (AvgIpc) is 2.19. The van der Waals surface area contributed by atoms with Crippen LogP contribution >= 0.6 is 0 Å². The summed E-state index contributed by atoms with van der Waals surface area (Å²) in [6.45, 7) is 7.89. The molecule has 0 radical (unpaired) electrons. The van der Waals surface area contributed by atoms with Crippen molar-refractivity contribution < 1.29 is 9.53 Å². The molecule has 1 heterocycles. The van der Waals surface area contributed by atoms with Crippen molar-refractivity contribution >= 4 is 17.6 Å². The zero-order valence-electron chi connectivity index (χ0n) is 10.7. The Labute approximate surface area is 102 Å². The van der Waals surface area contributed by atoms with E-state index >= 15 is 0 Å². The molecule has 0 saturated carbocycles. The molecule has 0 aliphatic heterocycles. The molecule has 0 fully saturated rings. The normalized spacial score (nSPS) is 11.1. The molecule has 0 saturated heterocycles. The van der Waals surface area contributed by atoms with Gasteiger partial charge in [-0.25, -0.2) is 9.78 Å². The van der Waals surface area contributed by atoms with Crippen molar-refractivity contribution in [2.45, 2.75) is 33.3 Å². The Bertz CT molecular complexity index is 382. The van der Waals surface area contributed by atoms with E-state index in [9.17, 15) is 4.79 Å². The topological polar surface area (TPSA) is 68.5 Å². The molecule has 5 heteroatoms. The van der Waals surface area contributed by atoms with E-state index < -0.39 is 5.60 Å². The third-order valence-corrected chi connectivity index (χ3v) is 2.01. The van der Waals surface area contributed by atoms with E-state index in [0.29, 0.717) is 18.1 Å². The summed E-state index contributed by atoms with van der Waals surface area (Å²) >= 11 is 0. The van der Waals surface area contributed by atoms with Crippen molar-refractivity contribution in [3.8, 4) is 0 Å². The summed E-state index contributed by atoms with van der Waals surface area (Å²) in [4.78, 5) is 17.4. The van der Waals surface area contributed by atoms with Crippen LogP contribution in [0.1, 0.15) is 27.7 Å². The van der Waals surface area contributed by atoms with Crippen LogP contribution in [0.5, 0.6) is 0 Å². The van der Waals surface area contributed by atoms with Crippen LogP contribution in [0.25, 0.3) is 0 Å². The van der Waals surface area contributed by atoms with Gasteiger partial charge in [-0.05, 0) is 39.8 Å². The summed E-state index contributed by atoms with van der Waals surface area (Å²) in [6, 6.07) is 3.40. The average molecular weight is 237 g/mol. The van der Waals surface area contributed by atoms with E-state index in [1.807, 2.05) is 27.7 Å². The fourth-order valence-corrected chi connectivity index (χ4v) is 1.29. The monoisotopic (exact) mass is 237 g/mol. The number of hydrogen-bond acceptors (Lipinski definition) is 4. The highest BCUT2D eigenvalue weighted by atomic mass is 16.6. The molecule has 0 atom stereocenters. The number of nitrogens with two attached hydrogens (primary N) is 1. The molecule has 1 aromatic heterocycles. The maximum absolute atomic E-state index is 11.9. The first-order valence-corrected chi connectivity index (χ1v) is 5.55. The quantitative estimate of drug-likeness (QED) is 0.857. The number of amides is 1. The van der Waals surface area contributed by atoms with Crippen molar-refractivity contribution in [2.24, 2.45) is 0 Å². The molecule has 0 aromatic carbocycles. The van der Waals surface area contributed by atoms with Gasteiger partial charge in [0.15, 0.2) is 0 Å². The summed E-state index contributed by atoms with van der Waals surface area (Å²) in [7, 11) is 0. The zero-order chi connectivity index (χ0) is 13.1. The minimum atomic E-state index is -0.508. The minimum Gasteiger partial charge on any atom is -0.443 e. The molecular formula is C12H19N3O2. The number of pyridine rings is 1. The van der Waals surface area contributed by atoms with Crippen LogP contribution in [0.4, 0.5) is 16.3 Å². The lowest BCUT2D eigenvalue weighted by molar-refractivity contribution is 0.0582. The smallest absolute Gasteiger partial charge is 0.414 e. The minimum absolute atomic E-state index is 0.383. The van der Waals surface area contributed by atoms with Crippen molar-refractivity contribution in [3.05, 3.63) is 18.3 Å². The van der Waals surface area contributed by atoms with Gasteiger partial charge in [0, 0.05) is 6.54 Å². The summed E-state index contributed by atoms with van der Waals surface area (Å²) in [5.41, 5.74) is 5.67. The van der Waals surface area contributed by atoms with Gasteiger partial charge in [0.1, 0.15) is 11.4 Å². The fourth-order valence-electron chi connectivity index (χ4n) is 1.29. The van der Waals surface area contributed by atoms with Gasteiger partial charge in [0.25, 0.3) is 0 Å². The molecule has 0 spiro atoms. The molecule has 1 amide bonds. The lowest BCUT2D eigenvalue weighted by Gasteiger charge is -2.26. The molecule has 0 aliphatic rings. The second-order valence-electron chi connectivity index (χ2n) is 4.67. The highest BCUT2D eigenvalue weighted by Crippen LogP contribution is 2.17. The molecular weight excluding hydrogens is 218 g/mol. The molecule has 1 aromatic rings. The van der Waals surface area contributed by atoms with E-state index in [4.69, 9.17) is 10.5 Å². The Balaban J connectivity index is 2.84. The SMILES string of the molecule is CCN(C(=O)OC(C)(C)C)c1ccc(N)nc1. The standard InChI is InChI=1S/C12H19N3O2/c1-5-15(11(16)17-12(2,3)4)9-6-7-10(13)14-8-9/h6-8H,5H2,1-4H3,(H2,13,14). The first-order chi connectivity index (χ1) is 7.83. The highest BCUT2D eigenvalue weighted by Gasteiger charge is 2.22. The van der Waals surface area contributed by atoms with Gasteiger partial charge in [-0.3, -0.25) is 4.90 Å². The van der Waals surface area contributed by atoms with Crippen LogP contribution in [-0.2, 0) is 4.74 Å². The van der Waals surface area contributed by atoms with Crippen LogP contribution in [-0.4, -0.2) is 23.2 Å². The molecule has 2 N–H and O–H groups in total. The van der Waals surface area contributed by atoms with E-state index in [1.165, 1.54) is 4.90 Å². The van der Waals surface area contributed by atoms with Crippen LogP contribution in [0.2, 0.25) is 0 Å². The van der Waals surface area contributed by atoms with Gasteiger partial charge in [0.05, 0.1) is 11.9 Å².